The number of carboxylic acid groups (broad SMARTS) is 1. The predicted octanol–water partition coefficient (Wildman–Crippen LogP) is 1.63. The number of carboxylic acids is 1. The number of nitrogens with zero attached hydrogens (tertiary/aromatic N) is 4. The fourth-order valence-corrected chi connectivity index (χ4v) is 2.08. The van der Waals surface area contributed by atoms with Gasteiger partial charge in [-0.3, -0.25) is 0 Å². The van der Waals surface area contributed by atoms with Gasteiger partial charge in [-0.25, -0.2) is 9.48 Å². The molecule has 18 heavy (non-hydrogen) atoms. The molecule has 1 fully saturated rings. The van der Waals surface area contributed by atoms with Gasteiger partial charge in [0.2, 0.25) is 0 Å². The standard InChI is InChI=1S/C12H12N4O2/c17-12(18)9-7-10(8-3-1-4-8)16(15-9)11-5-2-6-13-14-11/h2,5-8H,1,3-4H2,(H,17,18). The van der Waals surface area contributed by atoms with Crippen molar-refractivity contribution in [3.63, 3.8) is 0 Å². The largest absolute Gasteiger partial charge is 0.476 e. The van der Waals surface area contributed by atoms with Crippen molar-refractivity contribution in [3.8, 4) is 5.82 Å². The van der Waals surface area contributed by atoms with Crippen LogP contribution >= 0.6 is 0 Å². The SMILES string of the molecule is O=C(O)c1cc(C2CCC2)n(-c2cccnn2)n1. The zero-order valence-electron chi connectivity index (χ0n) is 9.65. The zero-order chi connectivity index (χ0) is 12.5. The molecule has 2 aromatic heterocycles. The van der Waals surface area contributed by atoms with Crippen LogP contribution in [-0.4, -0.2) is 31.1 Å². The molecule has 0 amide bonds. The molecule has 0 bridgehead atoms. The third kappa shape index (κ3) is 1.75. The number of hydrogen-bond acceptors (Lipinski definition) is 4. The summed E-state index contributed by atoms with van der Waals surface area (Å²) in [5, 5.41) is 20.9. The fourth-order valence-electron chi connectivity index (χ4n) is 2.08. The van der Waals surface area contributed by atoms with Crippen molar-refractivity contribution in [2.75, 3.05) is 0 Å². The maximum atomic E-state index is 11.0. The van der Waals surface area contributed by atoms with Crippen molar-refractivity contribution in [2.24, 2.45) is 0 Å². The molecule has 0 atom stereocenters. The summed E-state index contributed by atoms with van der Waals surface area (Å²) < 4.78 is 1.60. The van der Waals surface area contributed by atoms with Crippen LogP contribution in [0, 0.1) is 0 Å². The monoisotopic (exact) mass is 244 g/mol. The molecule has 0 radical (unpaired) electrons. The van der Waals surface area contributed by atoms with Gasteiger partial charge in [-0.2, -0.15) is 10.2 Å². The van der Waals surface area contributed by atoms with E-state index < -0.39 is 5.97 Å². The Morgan fingerprint density at radius 3 is 2.83 bits per heavy atom. The molecule has 0 aromatic carbocycles. The lowest BCUT2D eigenvalue weighted by Crippen LogP contribution is -2.15. The van der Waals surface area contributed by atoms with E-state index >= 15 is 0 Å². The van der Waals surface area contributed by atoms with Crippen molar-refractivity contribution in [3.05, 3.63) is 35.8 Å². The molecule has 0 unspecified atom stereocenters. The predicted molar refractivity (Wildman–Crippen MR) is 62.7 cm³/mol. The Morgan fingerprint density at radius 2 is 2.28 bits per heavy atom. The Balaban J connectivity index is 2.08. The Labute approximate surface area is 103 Å². The molecule has 2 aromatic rings. The van der Waals surface area contributed by atoms with Gasteiger partial charge in [-0.1, -0.05) is 6.42 Å². The Kier molecular flexibility index (Phi) is 2.55. The topological polar surface area (TPSA) is 80.9 Å². The van der Waals surface area contributed by atoms with E-state index in [1.54, 1.807) is 29.1 Å². The van der Waals surface area contributed by atoms with E-state index in [2.05, 4.69) is 15.3 Å². The quantitative estimate of drug-likeness (QED) is 0.887. The number of aromatic nitrogens is 4. The summed E-state index contributed by atoms with van der Waals surface area (Å²) in [6.45, 7) is 0. The second-order valence-corrected chi connectivity index (χ2v) is 4.38. The van der Waals surface area contributed by atoms with Gasteiger partial charge in [0.15, 0.2) is 11.5 Å². The van der Waals surface area contributed by atoms with E-state index in [9.17, 15) is 4.79 Å². The number of hydrogen-bond donors (Lipinski definition) is 1. The maximum absolute atomic E-state index is 11.0. The summed E-state index contributed by atoms with van der Waals surface area (Å²) in [5.74, 6) is -0.0716. The smallest absolute Gasteiger partial charge is 0.356 e. The molecule has 3 rings (SSSR count). The molecule has 1 aliphatic carbocycles. The van der Waals surface area contributed by atoms with E-state index in [-0.39, 0.29) is 5.69 Å². The third-order valence-corrected chi connectivity index (χ3v) is 3.25. The molecule has 0 saturated heterocycles. The van der Waals surface area contributed by atoms with Gasteiger partial charge in [0.25, 0.3) is 0 Å². The highest BCUT2D eigenvalue weighted by Crippen LogP contribution is 2.37. The molecule has 2 heterocycles. The Morgan fingerprint density at radius 1 is 1.44 bits per heavy atom. The average molecular weight is 244 g/mol. The highest BCUT2D eigenvalue weighted by atomic mass is 16.4. The first-order chi connectivity index (χ1) is 8.75. The van der Waals surface area contributed by atoms with E-state index in [1.165, 1.54) is 6.42 Å². The van der Waals surface area contributed by atoms with Gasteiger partial charge in [0.1, 0.15) is 0 Å². The average Bonchev–Trinajstić information content (AvgIpc) is 2.73. The minimum absolute atomic E-state index is 0.0579. The summed E-state index contributed by atoms with van der Waals surface area (Å²) in [7, 11) is 0. The van der Waals surface area contributed by atoms with Crippen molar-refractivity contribution in [1.82, 2.24) is 20.0 Å². The molecule has 0 aliphatic heterocycles. The molecule has 92 valence electrons. The van der Waals surface area contributed by atoms with Crippen LogP contribution in [0.15, 0.2) is 24.4 Å². The van der Waals surface area contributed by atoms with Crippen molar-refractivity contribution in [1.29, 1.82) is 0 Å². The highest BCUT2D eigenvalue weighted by molar-refractivity contribution is 5.85. The maximum Gasteiger partial charge on any atom is 0.356 e. The first-order valence-electron chi connectivity index (χ1n) is 5.87. The molecular formula is C12H12N4O2. The molecule has 1 aliphatic rings. The second-order valence-electron chi connectivity index (χ2n) is 4.38. The lowest BCUT2D eigenvalue weighted by Gasteiger charge is -2.25. The third-order valence-electron chi connectivity index (χ3n) is 3.25. The van der Waals surface area contributed by atoms with Gasteiger partial charge in [-0.05, 0) is 31.0 Å². The van der Waals surface area contributed by atoms with Crippen LogP contribution in [0.5, 0.6) is 0 Å². The first-order valence-corrected chi connectivity index (χ1v) is 5.87. The minimum atomic E-state index is -1.02. The van der Waals surface area contributed by atoms with E-state index in [0.29, 0.717) is 11.7 Å². The summed E-state index contributed by atoms with van der Waals surface area (Å²) in [6, 6.07) is 5.17. The fraction of sp³-hybridized carbons (Fsp3) is 0.333. The van der Waals surface area contributed by atoms with E-state index in [4.69, 9.17) is 5.11 Å². The Hall–Kier alpha value is -2.24. The molecule has 1 N–H and O–H groups in total. The van der Waals surface area contributed by atoms with Gasteiger partial charge >= 0.3 is 5.97 Å². The lowest BCUT2D eigenvalue weighted by atomic mass is 9.83. The Bertz CT molecular complexity index is 575. The summed E-state index contributed by atoms with van der Waals surface area (Å²) >= 11 is 0. The number of carbonyl (C=O) groups is 1. The van der Waals surface area contributed by atoms with Crippen molar-refractivity contribution < 1.29 is 9.90 Å². The second kappa shape index (κ2) is 4.21. The number of rotatable bonds is 3. The zero-order valence-corrected chi connectivity index (χ0v) is 9.65. The normalized spacial score (nSPS) is 15.3. The summed E-state index contributed by atoms with van der Waals surface area (Å²) in [4.78, 5) is 11.0. The van der Waals surface area contributed by atoms with Crippen LogP contribution in [0.2, 0.25) is 0 Å². The van der Waals surface area contributed by atoms with Gasteiger partial charge in [0.05, 0.1) is 5.69 Å². The van der Waals surface area contributed by atoms with Crippen LogP contribution in [-0.2, 0) is 0 Å². The van der Waals surface area contributed by atoms with E-state index in [0.717, 1.165) is 18.5 Å². The van der Waals surface area contributed by atoms with Gasteiger partial charge < -0.3 is 5.11 Å². The molecule has 6 nitrogen and oxygen atoms in total. The van der Waals surface area contributed by atoms with Crippen LogP contribution in [0.3, 0.4) is 0 Å². The van der Waals surface area contributed by atoms with Crippen molar-refractivity contribution in [2.45, 2.75) is 25.2 Å². The van der Waals surface area contributed by atoms with Gasteiger partial charge in [0, 0.05) is 12.1 Å². The van der Waals surface area contributed by atoms with Crippen molar-refractivity contribution >= 4 is 5.97 Å². The van der Waals surface area contributed by atoms with E-state index in [1.807, 2.05) is 0 Å². The summed E-state index contributed by atoms with van der Waals surface area (Å²) in [6.07, 6.45) is 4.91. The highest BCUT2D eigenvalue weighted by Gasteiger charge is 2.26. The van der Waals surface area contributed by atoms with Crippen LogP contribution in [0.25, 0.3) is 5.82 Å². The van der Waals surface area contributed by atoms with Crippen LogP contribution in [0.1, 0.15) is 41.4 Å². The lowest BCUT2D eigenvalue weighted by molar-refractivity contribution is 0.0690. The molecule has 1 saturated carbocycles. The molecular weight excluding hydrogens is 232 g/mol. The molecule has 6 heteroatoms. The van der Waals surface area contributed by atoms with Crippen LogP contribution < -0.4 is 0 Å². The summed E-state index contributed by atoms with van der Waals surface area (Å²) in [5.41, 5.74) is 0.974. The van der Waals surface area contributed by atoms with Crippen LogP contribution in [0.4, 0.5) is 0 Å². The minimum Gasteiger partial charge on any atom is -0.476 e. The first kappa shape index (κ1) is 10.9. The molecule has 0 spiro atoms. The van der Waals surface area contributed by atoms with Gasteiger partial charge in [-0.15, -0.1) is 5.10 Å². The number of aromatic carboxylic acids is 1.